The minimum atomic E-state index is 0.487. The molecule has 2 rings (SSSR count). The van der Waals surface area contributed by atoms with Crippen molar-refractivity contribution < 1.29 is 4.74 Å². The molecule has 76 valence electrons. The fourth-order valence-corrected chi connectivity index (χ4v) is 1.21. The van der Waals surface area contributed by atoms with Crippen LogP contribution < -0.4 is 10.5 Å². The summed E-state index contributed by atoms with van der Waals surface area (Å²) in [5.74, 6) is 1.10. The van der Waals surface area contributed by atoms with Crippen molar-refractivity contribution in [1.29, 1.82) is 0 Å². The van der Waals surface area contributed by atoms with Crippen LogP contribution in [0, 0.1) is 6.92 Å². The highest BCUT2D eigenvalue weighted by atomic mass is 16.5. The van der Waals surface area contributed by atoms with Crippen molar-refractivity contribution in [3.63, 3.8) is 0 Å². The van der Waals surface area contributed by atoms with E-state index in [1.54, 1.807) is 12.3 Å². The average Bonchev–Trinajstić information content (AvgIpc) is 2.24. The van der Waals surface area contributed by atoms with Gasteiger partial charge in [0.25, 0.3) is 0 Å². The monoisotopic (exact) mass is 201 g/mol. The normalized spacial score (nSPS) is 9.93. The zero-order chi connectivity index (χ0) is 10.7. The number of nitrogens with zero attached hydrogens (tertiary/aromatic N) is 2. The molecule has 0 saturated carbocycles. The summed E-state index contributed by atoms with van der Waals surface area (Å²) < 4.78 is 5.49. The Morgan fingerprint density at radius 3 is 2.80 bits per heavy atom. The van der Waals surface area contributed by atoms with Gasteiger partial charge in [-0.2, -0.15) is 0 Å². The van der Waals surface area contributed by atoms with Gasteiger partial charge in [0, 0.05) is 12.3 Å². The van der Waals surface area contributed by atoms with Crippen LogP contribution in [-0.4, -0.2) is 9.97 Å². The lowest BCUT2D eigenvalue weighted by Crippen LogP contribution is -1.94. The van der Waals surface area contributed by atoms with Crippen molar-refractivity contribution in [3.8, 4) is 11.6 Å². The maximum Gasteiger partial charge on any atom is 0.222 e. The zero-order valence-electron chi connectivity index (χ0n) is 8.34. The van der Waals surface area contributed by atoms with Gasteiger partial charge in [0.2, 0.25) is 5.88 Å². The maximum atomic E-state index is 5.80. The highest BCUT2D eigenvalue weighted by molar-refractivity contribution is 5.55. The maximum absolute atomic E-state index is 5.80. The molecule has 0 atom stereocenters. The number of hydrogen-bond acceptors (Lipinski definition) is 4. The molecular weight excluding hydrogens is 190 g/mol. The Labute approximate surface area is 87.7 Å². The van der Waals surface area contributed by atoms with E-state index in [4.69, 9.17) is 10.5 Å². The lowest BCUT2D eigenvalue weighted by atomic mass is 10.2. The van der Waals surface area contributed by atoms with E-state index in [0.29, 0.717) is 17.3 Å². The molecule has 0 spiro atoms. The van der Waals surface area contributed by atoms with Gasteiger partial charge in [-0.1, -0.05) is 6.07 Å². The van der Waals surface area contributed by atoms with Gasteiger partial charge in [0.05, 0.1) is 5.69 Å². The summed E-state index contributed by atoms with van der Waals surface area (Å²) >= 11 is 0. The van der Waals surface area contributed by atoms with Crippen LogP contribution in [0.2, 0.25) is 0 Å². The van der Waals surface area contributed by atoms with Gasteiger partial charge in [-0.05, 0) is 24.6 Å². The summed E-state index contributed by atoms with van der Waals surface area (Å²) in [4.78, 5) is 7.75. The first-order valence-electron chi connectivity index (χ1n) is 4.56. The van der Waals surface area contributed by atoms with Crippen LogP contribution in [0.3, 0.4) is 0 Å². The molecule has 1 aromatic carbocycles. The average molecular weight is 201 g/mol. The molecule has 1 aromatic heterocycles. The molecule has 2 N–H and O–H groups in total. The van der Waals surface area contributed by atoms with E-state index in [0.717, 1.165) is 5.56 Å². The minimum absolute atomic E-state index is 0.487. The Bertz CT molecular complexity index is 457. The van der Waals surface area contributed by atoms with Crippen LogP contribution in [-0.2, 0) is 0 Å². The number of rotatable bonds is 2. The number of hydrogen-bond donors (Lipinski definition) is 1. The second kappa shape index (κ2) is 3.96. The third kappa shape index (κ3) is 2.22. The standard InChI is InChI=1S/C11H11N3O/c1-8-2-3-10(9(12)6-8)15-11-4-5-13-7-14-11/h2-7H,12H2,1H3. The summed E-state index contributed by atoms with van der Waals surface area (Å²) in [5, 5.41) is 0. The Hall–Kier alpha value is -2.10. The highest BCUT2D eigenvalue weighted by Crippen LogP contribution is 2.26. The molecule has 0 unspecified atom stereocenters. The van der Waals surface area contributed by atoms with Gasteiger partial charge in [-0.15, -0.1) is 0 Å². The molecule has 2 aromatic rings. The smallest absolute Gasteiger partial charge is 0.222 e. The molecule has 0 aliphatic heterocycles. The van der Waals surface area contributed by atoms with Crippen molar-refractivity contribution in [2.24, 2.45) is 0 Å². The lowest BCUT2D eigenvalue weighted by molar-refractivity contribution is 0.463. The first kappa shape index (κ1) is 9.45. The van der Waals surface area contributed by atoms with Gasteiger partial charge >= 0.3 is 0 Å². The van der Waals surface area contributed by atoms with Gasteiger partial charge in [-0.25, -0.2) is 9.97 Å². The van der Waals surface area contributed by atoms with E-state index >= 15 is 0 Å². The second-order valence-corrected chi connectivity index (χ2v) is 3.19. The number of nitrogen functional groups attached to an aromatic ring is 1. The van der Waals surface area contributed by atoms with E-state index in [1.807, 2.05) is 25.1 Å². The number of ether oxygens (including phenoxy) is 1. The number of benzene rings is 1. The quantitative estimate of drug-likeness (QED) is 0.756. The first-order valence-corrected chi connectivity index (χ1v) is 4.56. The van der Waals surface area contributed by atoms with E-state index in [-0.39, 0.29) is 0 Å². The van der Waals surface area contributed by atoms with Crippen molar-refractivity contribution in [2.75, 3.05) is 5.73 Å². The summed E-state index contributed by atoms with van der Waals surface area (Å²) in [7, 11) is 0. The number of aromatic nitrogens is 2. The predicted molar refractivity (Wildman–Crippen MR) is 57.7 cm³/mol. The fraction of sp³-hybridized carbons (Fsp3) is 0.0909. The van der Waals surface area contributed by atoms with Gasteiger partial charge in [0.1, 0.15) is 6.33 Å². The predicted octanol–water partition coefficient (Wildman–Crippen LogP) is 2.16. The van der Waals surface area contributed by atoms with Gasteiger partial charge in [-0.3, -0.25) is 0 Å². The van der Waals surface area contributed by atoms with Crippen molar-refractivity contribution in [3.05, 3.63) is 42.4 Å². The van der Waals surface area contributed by atoms with E-state index < -0.39 is 0 Å². The first-order chi connectivity index (χ1) is 7.25. The lowest BCUT2D eigenvalue weighted by Gasteiger charge is -2.07. The zero-order valence-corrected chi connectivity index (χ0v) is 8.34. The second-order valence-electron chi connectivity index (χ2n) is 3.19. The molecule has 0 bridgehead atoms. The van der Waals surface area contributed by atoms with Gasteiger partial charge < -0.3 is 10.5 Å². The molecular formula is C11H11N3O. The summed E-state index contributed by atoms with van der Waals surface area (Å²) in [6.45, 7) is 1.98. The summed E-state index contributed by atoms with van der Waals surface area (Å²) in [6, 6.07) is 7.30. The van der Waals surface area contributed by atoms with E-state index in [2.05, 4.69) is 9.97 Å². The number of aryl methyl sites for hydroxylation is 1. The van der Waals surface area contributed by atoms with Crippen LogP contribution in [0.4, 0.5) is 5.69 Å². The molecule has 0 amide bonds. The SMILES string of the molecule is Cc1ccc(Oc2ccncn2)c(N)c1. The van der Waals surface area contributed by atoms with Crippen molar-refractivity contribution in [2.45, 2.75) is 6.92 Å². The Balaban J connectivity index is 2.25. The molecule has 0 saturated heterocycles. The van der Waals surface area contributed by atoms with Crippen LogP contribution in [0.25, 0.3) is 0 Å². The molecule has 0 aliphatic carbocycles. The fourth-order valence-electron chi connectivity index (χ4n) is 1.21. The van der Waals surface area contributed by atoms with Crippen molar-refractivity contribution >= 4 is 5.69 Å². The van der Waals surface area contributed by atoms with E-state index in [9.17, 15) is 0 Å². The molecule has 0 fully saturated rings. The topological polar surface area (TPSA) is 61.0 Å². The van der Waals surface area contributed by atoms with Crippen LogP contribution in [0.1, 0.15) is 5.56 Å². The van der Waals surface area contributed by atoms with Crippen molar-refractivity contribution in [1.82, 2.24) is 9.97 Å². The minimum Gasteiger partial charge on any atom is -0.437 e. The third-order valence-electron chi connectivity index (χ3n) is 1.93. The molecule has 0 aliphatic rings. The third-order valence-corrected chi connectivity index (χ3v) is 1.93. The molecule has 4 heteroatoms. The summed E-state index contributed by atoms with van der Waals surface area (Å²) in [5.41, 5.74) is 7.51. The number of anilines is 1. The largest absolute Gasteiger partial charge is 0.437 e. The summed E-state index contributed by atoms with van der Waals surface area (Å²) in [6.07, 6.45) is 3.05. The highest BCUT2D eigenvalue weighted by Gasteiger charge is 2.02. The molecule has 15 heavy (non-hydrogen) atoms. The molecule has 1 heterocycles. The Morgan fingerprint density at radius 2 is 2.13 bits per heavy atom. The Morgan fingerprint density at radius 1 is 1.27 bits per heavy atom. The number of nitrogens with two attached hydrogens (primary N) is 1. The molecule has 4 nitrogen and oxygen atoms in total. The molecule has 0 radical (unpaired) electrons. The van der Waals surface area contributed by atoms with E-state index in [1.165, 1.54) is 6.33 Å². The van der Waals surface area contributed by atoms with Crippen LogP contribution >= 0.6 is 0 Å². The van der Waals surface area contributed by atoms with Gasteiger partial charge in [0.15, 0.2) is 5.75 Å². The Kier molecular flexibility index (Phi) is 2.49. The van der Waals surface area contributed by atoms with Crippen LogP contribution in [0.5, 0.6) is 11.6 Å². The van der Waals surface area contributed by atoms with Crippen LogP contribution in [0.15, 0.2) is 36.8 Å².